The topological polar surface area (TPSA) is 82.7 Å². The zero-order chi connectivity index (χ0) is 23.0. The van der Waals surface area contributed by atoms with Crippen LogP contribution in [0.25, 0.3) is 0 Å². The number of rotatable bonds is 6. The Bertz CT molecular complexity index is 1090. The largest absolute Gasteiger partial charge is 0.377 e. The van der Waals surface area contributed by atoms with Crippen LogP contribution in [0.5, 0.6) is 0 Å². The summed E-state index contributed by atoms with van der Waals surface area (Å²) in [6.45, 7) is 1.64. The third-order valence-electron chi connectivity index (χ3n) is 5.30. The molecule has 0 spiro atoms. The maximum atomic E-state index is 13.1. The molecule has 3 amide bonds. The van der Waals surface area contributed by atoms with Crippen LogP contribution in [0.2, 0.25) is 0 Å². The van der Waals surface area contributed by atoms with E-state index >= 15 is 0 Å². The molecule has 0 bridgehead atoms. The van der Waals surface area contributed by atoms with Crippen LogP contribution in [0.1, 0.15) is 5.56 Å². The van der Waals surface area contributed by atoms with E-state index in [1.54, 1.807) is 6.07 Å². The molecule has 0 aliphatic carbocycles. The number of anilines is 3. The smallest absolute Gasteiger partial charge is 0.323 e. The van der Waals surface area contributed by atoms with E-state index in [0.29, 0.717) is 31.1 Å². The molecule has 1 aliphatic rings. The second-order valence-corrected chi connectivity index (χ2v) is 7.59. The van der Waals surface area contributed by atoms with E-state index in [9.17, 15) is 14.0 Å². The lowest BCUT2D eigenvalue weighted by molar-refractivity contribution is -0.124. The number of amides is 3. The van der Waals surface area contributed by atoms with E-state index in [-0.39, 0.29) is 18.3 Å². The summed E-state index contributed by atoms with van der Waals surface area (Å²) in [6, 6.07) is 21.5. The van der Waals surface area contributed by atoms with Crippen molar-refractivity contribution in [2.24, 2.45) is 0 Å². The number of halogens is 1. The Balaban J connectivity index is 1.46. The maximum absolute atomic E-state index is 13.1. The van der Waals surface area contributed by atoms with Gasteiger partial charge in [0, 0.05) is 18.8 Å². The lowest BCUT2D eigenvalue weighted by Crippen LogP contribution is -2.54. The van der Waals surface area contributed by atoms with Crippen LogP contribution >= 0.6 is 0 Å². The zero-order valence-electron chi connectivity index (χ0n) is 18.0. The molecule has 1 unspecified atom stereocenters. The van der Waals surface area contributed by atoms with Crippen LogP contribution in [0.3, 0.4) is 0 Å². The normalized spacial score (nSPS) is 15.5. The number of nitrogens with zero attached hydrogens (tertiary/aromatic N) is 1. The molecule has 7 nitrogen and oxygen atoms in total. The quantitative estimate of drug-likeness (QED) is 0.533. The minimum Gasteiger partial charge on any atom is -0.377 e. The molecule has 3 N–H and O–H groups in total. The Morgan fingerprint density at radius 1 is 0.939 bits per heavy atom. The number of carbonyl (C=O) groups excluding carboxylic acids is 2. The van der Waals surface area contributed by atoms with Crippen molar-refractivity contribution in [1.29, 1.82) is 0 Å². The second-order valence-electron chi connectivity index (χ2n) is 7.59. The summed E-state index contributed by atoms with van der Waals surface area (Å²) in [5.74, 6) is -0.528. The number of para-hydroxylation sites is 2. The summed E-state index contributed by atoms with van der Waals surface area (Å²) in [7, 11) is 0. The Hall–Kier alpha value is -3.91. The molecule has 0 radical (unpaired) electrons. The van der Waals surface area contributed by atoms with Crippen molar-refractivity contribution in [3.8, 4) is 0 Å². The van der Waals surface area contributed by atoms with Gasteiger partial charge in [-0.1, -0.05) is 42.5 Å². The van der Waals surface area contributed by atoms with Crippen LogP contribution in [-0.2, 0) is 16.1 Å². The first-order valence-corrected chi connectivity index (χ1v) is 10.7. The predicted molar refractivity (Wildman–Crippen MR) is 126 cm³/mol. The highest BCUT2D eigenvalue weighted by Gasteiger charge is 2.31. The lowest BCUT2D eigenvalue weighted by Gasteiger charge is -2.37. The van der Waals surface area contributed by atoms with E-state index in [1.165, 1.54) is 24.3 Å². The molecule has 8 heteroatoms. The van der Waals surface area contributed by atoms with E-state index in [4.69, 9.17) is 4.74 Å². The summed E-state index contributed by atoms with van der Waals surface area (Å²) in [5.41, 5.74) is 2.75. The van der Waals surface area contributed by atoms with Gasteiger partial charge in [-0.15, -0.1) is 0 Å². The SMILES string of the molecule is O=C(Nc1ccc(F)cc1)Nc1ccccc1N1CCOCC1C(=O)NCc1ccccc1. The summed E-state index contributed by atoms with van der Waals surface area (Å²) in [4.78, 5) is 27.5. The number of morpholine rings is 1. The molecule has 1 atom stereocenters. The van der Waals surface area contributed by atoms with Gasteiger partial charge in [0.25, 0.3) is 0 Å². The number of hydrogen-bond donors (Lipinski definition) is 3. The van der Waals surface area contributed by atoms with E-state index < -0.39 is 12.1 Å². The molecule has 4 rings (SSSR count). The first-order valence-electron chi connectivity index (χ1n) is 10.7. The molecular formula is C25H25FN4O3. The molecule has 1 heterocycles. The van der Waals surface area contributed by atoms with Gasteiger partial charge in [-0.05, 0) is 42.0 Å². The highest BCUT2D eigenvalue weighted by atomic mass is 19.1. The molecule has 1 aliphatic heterocycles. The summed E-state index contributed by atoms with van der Waals surface area (Å²) < 4.78 is 18.7. The minimum atomic E-state index is -0.537. The third-order valence-corrected chi connectivity index (χ3v) is 5.30. The van der Waals surface area contributed by atoms with Crippen molar-refractivity contribution in [3.05, 3.63) is 90.2 Å². The van der Waals surface area contributed by atoms with Crippen LogP contribution in [0.4, 0.5) is 26.2 Å². The number of benzene rings is 3. The first-order chi connectivity index (χ1) is 16.1. The van der Waals surface area contributed by atoms with Crippen LogP contribution in [-0.4, -0.2) is 37.7 Å². The standard InChI is InChI=1S/C25H25FN4O3/c26-19-10-12-20(13-11-19)28-25(32)29-21-8-4-5-9-22(21)30-14-15-33-17-23(30)24(31)27-16-18-6-2-1-3-7-18/h1-13,23H,14-17H2,(H,27,31)(H2,28,29,32). The molecule has 1 saturated heterocycles. The average molecular weight is 448 g/mol. The Morgan fingerprint density at radius 2 is 1.67 bits per heavy atom. The van der Waals surface area contributed by atoms with Crippen LogP contribution < -0.4 is 20.9 Å². The van der Waals surface area contributed by atoms with E-state index in [1.807, 2.05) is 53.4 Å². The van der Waals surface area contributed by atoms with E-state index in [0.717, 1.165) is 11.3 Å². The van der Waals surface area contributed by atoms with Gasteiger partial charge in [0.2, 0.25) is 5.91 Å². The van der Waals surface area contributed by atoms with Crippen molar-refractivity contribution in [3.63, 3.8) is 0 Å². The fraction of sp³-hybridized carbons (Fsp3) is 0.200. The van der Waals surface area contributed by atoms with Crippen LogP contribution in [0, 0.1) is 5.82 Å². The Morgan fingerprint density at radius 3 is 2.45 bits per heavy atom. The molecule has 33 heavy (non-hydrogen) atoms. The fourth-order valence-corrected chi connectivity index (χ4v) is 3.66. The van der Waals surface area contributed by atoms with Gasteiger partial charge in [0.1, 0.15) is 11.9 Å². The summed E-state index contributed by atoms with van der Waals surface area (Å²) >= 11 is 0. The van der Waals surface area contributed by atoms with Gasteiger partial charge < -0.3 is 25.6 Å². The van der Waals surface area contributed by atoms with Crippen molar-refractivity contribution >= 4 is 29.0 Å². The number of ether oxygens (including phenoxy) is 1. The second kappa shape index (κ2) is 10.6. The Labute approximate surface area is 191 Å². The fourth-order valence-electron chi connectivity index (χ4n) is 3.66. The summed E-state index contributed by atoms with van der Waals surface area (Å²) in [5, 5.41) is 8.49. The van der Waals surface area contributed by atoms with Gasteiger partial charge in [-0.25, -0.2) is 9.18 Å². The van der Waals surface area contributed by atoms with Crippen LogP contribution in [0.15, 0.2) is 78.9 Å². The monoisotopic (exact) mass is 448 g/mol. The molecule has 0 saturated carbocycles. The molecule has 3 aromatic rings. The van der Waals surface area contributed by atoms with Gasteiger partial charge in [0.15, 0.2) is 0 Å². The number of nitrogens with one attached hydrogen (secondary N) is 3. The minimum absolute atomic E-state index is 0.149. The lowest BCUT2D eigenvalue weighted by atomic mass is 10.1. The average Bonchev–Trinajstić information content (AvgIpc) is 2.85. The number of hydrogen-bond acceptors (Lipinski definition) is 4. The van der Waals surface area contributed by atoms with Gasteiger partial charge in [0.05, 0.1) is 24.6 Å². The highest BCUT2D eigenvalue weighted by Crippen LogP contribution is 2.29. The van der Waals surface area contributed by atoms with Gasteiger partial charge >= 0.3 is 6.03 Å². The van der Waals surface area contributed by atoms with Gasteiger partial charge in [-0.2, -0.15) is 0 Å². The molecule has 0 aromatic heterocycles. The predicted octanol–water partition coefficient (Wildman–Crippen LogP) is 3.99. The number of urea groups is 1. The molecule has 3 aromatic carbocycles. The maximum Gasteiger partial charge on any atom is 0.323 e. The highest BCUT2D eigenvalue weighted by molar-refractivity contribution is 6.02. The Kier molecular flexibility index (Phi) is 7.16. The van der Waals surface area contributed by atoms with Crippen molar-refractivity contribution in [1.82, 2.24) is 5.32 Å². The van der Waals surface area contributed by atoms with E-state index in [2.05, 4.69) is 16.0 Å². The first kappa shape index (κ1) is 22.3. The van der Waals surface area contributed by atoms with Crippen molar-refractivity contribution in [2.75, 3.05) is 35.3 Å². The third kappa shape index (κ3) is 5.87. The molecular weight excluding hydrogens is 423 g/mol. The summed E-state index contributed by atoms with van der Waals surface area (Å²) in [6.07, 6.45) is 0. The van der Waals surface area contributed by atoms with Gasteiger partial charge in [-0.3, -0.25) is 4.79 Å². The molecule has 170 valence electrons. The van der Waals surface area contributed by atoms with Crippen molar-refractivity contribution < 1.29 is 18.7 Å². The molecule has 1 fully saturated rings. The zero-order valence-corrected chi connectivity index (χ0v) is 18.0. The van der Waals surface area contributed by atoms with Crippen molar-refractivity contribution in [2.45, 2.75) is 12.6 Å². The number of carbonyl (C=O) groups is 2.